The summed E-state index contributed by atoms with van der Waals surface area (Å²) in [6.07, 6.45) is 0. The van der Waals surface area contributed by atoms with Gasteiger partial charge >= 0.3 is 0 Å². The number of hydrogen-bond donors (Lipinski definition) is 0. The van der Waals surface area contributed by atoms with E-state index in [4.69, 9.17) is 0 Å². The van der Waals surface area contributed by atoms with Crippen LogP contribution in [0.15, 0.2) is 224 Å². The summed E-state index contributed by atoms with van der Waals surface area (Å²) >= 11 is 0. The lowest BCUT2D eigenvalue weighted by atomic mass is 9.82. The highest BCUT2D eigenvalue weighted by atomic mass is 15.1. The van der Waals surface area contributed by atoms with Crippen molar-refractivity contribution >= 4 is 17.1 Å². The Balaban J connectivity index is 1.26. The molecule has 1 nitrogen and oxygen atoms in total. The largest absolute Gasteiger partial charge is 0.309 e. The minimum absolute atomic E-state index is 0.0606. The Hall–Kier alpha value is -7.22. The Bertz CT molecular complexity index is 2880. The minimum atomic E-state index is -0.0606. The van der Waals surface area contributed by atoms with Gasteiger partial charge in [-0.2, -0.15) is 0 Å². The Morgan fingerprint density at radius 3 is 1.28 bits per heavy atom. The van der Waals surface area contributed by atoms with Crippen LogP contribution < -0.4 is 4.90 Å². The smallest absolute Gasteiger partial charge is 0.0546 e. The number of fused-ring (bicyclic) bond motifs is 3. The molecule has 0 bridgehead atoms. The van der Waals surface area contributed by atoms with Gasteiger partial charge in [0, 0.05) is 22.2 Å². The average molecular weight is 742 g/mol. The van der Waals surface area contributed by atoms with Crippen molar-refractivity contribution in [3.63, 3.8) is 0 Å². The van der Waals surface area contributed by atoms with E-state index < -0.39 is 0 Å². The second kappa shape index (κ2) is 14.7. The van der Waals surface area contributed by atoms with E-state index in [1.807, 2.05) is 0 Å². The molecule has 276 valence electrons. The van der Waals surface area contributed by atoms with Crippen molar-refractivity contribution in [1.82, 2.24) is 0 Å². The van der Waals surface area contributed by atoms with Gasteiger partial charge in [-0.25, -0.2) is 0 Å². The van der Waals surface area contributed by atoms with E-state index in [0.717, 1.165) is 17.1 Å². The van der Waals surface area contributed by atoms with Crippen molar-refractivity contribution in [3.05, 3.63) is 236 Å². The zero-order valence-electron chi connectivity index (χ0n) is 32.8. The van der Waals surface area contributed by atoms with Gasteiger partial charge in [-0.3, -0.25) is 0 Å². The lowest BCUT2D eigenvalue weighted by Gasteiger charge is -2.32. The van der Waals surface area contributed by atoms with Gasteiger partial charge in [0.05, 0.1) is 11.4 Å². The summed E-state index contributed by atoms with van der Waals surface area (Å²) in [5.74, 6) is 0. The summed E-state index contributed by atoms with van der Waals surface area (Å²) in [7, 11) is 0. The van der Waals surface area contributed by atoms with Crippen LogP contribution in [0.1, 0.15) is 25.0 Å². The number of benzene rings is 9. The quantitative estimate of drug-likeness (QED) is 0.150. The van der Waals surface area contributed by atoms with Crippen LogP contribution in [-0.4, -0.2) is 0 Å². The molecule has 0 aromatic heterocycles. The average Bonchev–Trinajstić information content (AvgIpc) is 3.53. The van der Waals surface area contributed by atoms with Crippen LogP contribution in [-0.2, 0) is 5.41 Å². The Labute approximate surface area is 342 Å². The molecular weight excluding hydrogens is 699 g/mol. The molecule has 9 aromatic carbocycles. The van der Waals surface area contributed by atoms with Gasteiger partial charge in [0.25, 0.3) is 0 Å². The topological polar surface area (TPSA) is 3.24 Å². The third-order valence-electron chi connectivity index (χ3n) is 11.9. The van der Waals surface area contributed by atoms with Crippen molar-refractivity contribution in [2.24, 2.45) is 0 Å². The predicted octanol–water partition coefficient (Wildman–Crippen LogP) is 15.8. The van der Waals surface area contributed by atoms with E-state index in [-0.39, 0.29) is 5.41 Å². The number of nitrogens with zero attached hydrogens (tertiary/aromatic N) is 1. The second-order valence-corrected chi connectivity index (χ2v) is 15.7. The maximum absolute atomic E-state index is 2.49. The molecule has 0 amide bonds. The van der Waals surface area contributed by atoms with Gasteiger partial charge in [-0.05, 0) is 97.1 Å². The second-order valence-electron chi connectivity index (χ2n) is 15.7. The van der Waals surface area contributed by atoms with Crippen LogP contribution in [0, 0.1) is 0 Å². The lowest BCUT2D eigenvalue weighted by molar-refractivity contribution is 0.660. The first-order valence-electron chi connectivity index (χ1n) is 20.2. The molecular formula is C57H43N. The summed E-state index contributed by atoms with van der Waals surface area (Å²) < 4.78 is 0. The Kier molecular flexibility index (Phi) is 8.92. The molecule has 0 spiro atoms. The minimum Gasteiger partial charge on any atom is -0.309 e. The molecule has 0 atom stereocenters. The molecule has 0 saturated carbocycles. The highest BCUT2D eigenvalue weighted by Crippen LogP contribution is 2.53. The highest BCUT2D eigenvalue weighted by molar-refractivity contribution is 6.02. The number of rotatable bonds is 8. The Morgan fingerprint density at radius 2 is 0.707 bits per heavy atom. The molecule has 0 aliphatic heterocycles. The van der Waals surface area contributed by atoms with E-state index in [1.54, 1.807) is 0 Å². The van der Waals surface area contributed by atoms with Crippen molar-refractivity contribution in [1.29, 1.82) is 0 Å². The third-order valence-corrected chi connectivity index (χ3v) is 11.9. The summed E-state index contributed by atoms with van der Waals surface area (Å²) in [6.45, 7) is 4.70. The first-order valence-corrected chi connectivity index (χ1v) is 20.2. The first kappa shape index (κ1) is 35.2. The van der Waals surface area contributed by atoms with Crippen LogP contribution in [0.5, 0.6) is 0 Å². The van der Waals surface area contributed by atoms with E-state index in [2.05, 4.69) is 243 Å². The van der Waals surface area contributed by atoms with E-state index in [1.165, 1.54) is 77.9 Å². The van der Waals surface area contributed by atoms with Gasteiger partial charge in [0.15, 0.2) is 0 Å². The molecule has 1 aliphatic rings. The van der Waals surface area contributed by atoms with Crippen LogP contribution in [0.4, 0.5) is 17.1 Å². The van der Waals surface area contributed by atoms with Gasteiger partial charge in [-0.15, -0.1) is 0 Å². The van der Waals surface area contributed by atoms with Crippen LogP contribution in [0.2, 0.25) is 0 Å². The van der Waals surface area contributed by atoms with Crippen molar-refractivity contribution in [2.75, 3.05) is 4.90 Å². The lowest BCUT2D eigenvalue weighted by Crippen LogP contribution is -2.14. The van der Waals surface area contributed by atoms with Gasteiger partial charge < -0.3 is 4.90 Å². The van der Waals surface area contributed by atoms with Crippen LogP contribution in [0.25, 0.3) is 66.8 Å². The molecule has 0 fully saturated rings. The fourth-order valence-electron chi connectivity index (χ4n) is 9.10. The molecule has 0 unspecified atom stereocenters. The van der Waals surface area contributed by atoms with E-state index in [0.29, 0.717) is 0 Å². The van der Waals surface area contributed by atoms with E-state index in [9.17, 15) is 0 Å². The summed E-state index contributed by atoms with van der Waals surface area (Å²) in [5, 5.41) is 0. The Morgan fingerprint density at radius 1 is 0.293 bits per heavy atom. The fourth-order valence-corrected chi connectivity index (χ4v) is 9.10. The molecule has 1 heteroatoms. The summed E-state index contributed by atoms with van der Waals surface area (Å²) in [6, 6.07) is 81.9. The monoisotopic (exact) mass is 741 g/mol. The fraction of sp³-hybridized carbons (Fsp3) is 0.0526. The number of hydrogen-bond acceptors (Lipinski definition) is 1. The van der Waals surface area contributed by atoms with Crippen molar-refractivity contribution in [3.8, 4) is 66.8 Å². The first-order chi connectivity index (χ1) is 28.6. The molecule has 9 aromatic rings. The van der Waals surface area contributed by atoms with Gasteiger partial charge in [0.2, 0.25) is 0 Å². The molecule has 0 N–H and O–H groups in total. The third kappa shape index (κ3) is 6.13. The van der Waals surface area contributed by atoms with E-state index >= 15 is 0 Å². The highest BCUT2D eigenvalue weighted by Gasteiger charge is 2.35. The molecule has 10 rings (SSSR count). The molecule has 0 radical (unpaired) electrons. The maximum Gasteiger partial charge on any atom is 0.0546 e. The van der Waals surface area contributed by atoms with Crippen LogP contribution >= 0.6 is 0 Å². The molecule has 0 heterocycles. The maximum atomic E-state index is 2.49. The standard InChI is InChI=1S/C57H43N/c1-57(2)51-30-16-15-27-49(51)50-39-45(35-38-52(50)57)48-29-18-32-54(56(48)44-25-13-6-14-26-44)58(46-36-33-41(34-37-46)40-19-7-3-8-20-40)53-31-17-28-47(42-21-9-4-10-22-42)55(53)43-23-11-5-12-24-43/h3-39H,1-2H3. The van der Waals surface area contributed by atoms with Crippen LogP contribution in [0.3, 0.4) is 0 Å². The normalized spacial score (nSPS) is 12.4. The van der Waals surface area contributed by atoms with Gasteiger partial charge in [-0.1, -0.05) is 208 Å². The number of anilines is 3. The van der Waals surface area contributed by atoms with Crippen molar-refractivity contribution in [2.45, 2.75) is 19.3 Å². The molecule has 1 aliphatic carbocycles. The SMILES string of the molecule is CC1(C)c2ccccc2-c2cc(-c3cccc(N(c4ccc(-c5ccccc5)cc4)c4cccc(-c5ccccc5)c4-c4ccccc4)c3-c3ccccc3)ccc21. The van der Waals surface area contributed by atoms with Crippen molar-refractivity contribution < 1.29 is 0 Å². The predicted molar refractivity (Wildman–Crippen MR) is 246 cm³/mol. The summed E-state index contributed by atoms with van der Waals surface area (Å²) in [4.78, 5) is 2.49. The molecule has 58 heavy (non-hydrogen) atoms. The zero-order chi connectivity index (χ0) is 39.1. The van der Waals surface area contributed by atoms with Gasteiger partial charge in [0.1, 0.15) is 0 Å². The zero-order valence-corrected chi connectivity index (χ0v) is 32.8. The summed E-state index contributed by atoms with van der Waals surface area (Å²) in [5.41, 5.74) is 20.5. The molecule has 0 saturated heterocycles.